The van der Waals surface area contributed by atoms with E-state index in [9.17, 15) is 4.79 Å². The van der Waals surface area contributed by atoms with Crippen LogP contribution in [0.2, 0.25) is 0 Å². The smallest absolute Gasteiger partial charge is 0.259 e. The van der Waals surface area contributed by atoms with Gasteiger partial charge in [-0.15, -0.1) is 0 Å². The molecule has 98 valence electrons. The fourth-order valence-corrected chi connectivity index (χ4v) is 3.40. The lowest BCUT2D eigenvalue weighted by Gasteiger charge is -2.15. The van der Waals surface area contributed by atoms with E-state index in [-0.39, 0.29) is 5.91 Å². The van der Waals surface area contributed by atoms with Crippen molar-refractivity contribution in [1.29, 1.82) is 0 Å². The molecule has 2 nitrogen and oxygen atoms in total. The maximum Gasteiger partial charge on any atom is 0.259 e. The van der Waals surface area contributed by atoms with Crippen molar-refractivity contribution in [2.45, 2.75) is 0 Å². The van der Waals surface area contributed by atoms with Gasteiger partial charge in [-0.25, -0.2) is 0 Å². The SMILES string of the molecule is C[P+](C)(C)c1ccccc1C(=O)Nc1ccccc1. The van der Waals surface area contributed by atoms with Crippen LogP contribution in [0.3, 0.4) is 0 Å². The largest absolute Gasteiger partial charge is 0.322 e. The fraction of sp³-hybridized carbons (Fsp3) is 0.188. The van der Waals surface area contributed by atoms with Crippen LogP contribution in [0.5, 0.6) is 0 Å². The lowest BCUT2D eigenvalue weighted by molar-refractivity contribution is 0.102. The van der Waals surface area contributed by atoms with Crippen LogP contribution in [0.1, 0.15) is 10.4 Å². The van der Waals surface area contributed by atoms with Gasteiger partial charge in [-0.1, -0.05) is 30.3 Å². The van der Waals surface area contributed by atoms with E-state index >= 15 is 0 Å². The zero-order valence-corrected chi connectivity index (χ0v) is 12.4. The Kier molecular flexibility index (Phi) is 4.01. The highest BCUT2D eigenvalue weighted by atomic mass is 31.2. The van der Waals surface area contributed by atoms with Crippen LogP contribution in [0.15, 0.2) is 54.6 Å². The number of hydrogen-bond acceptors (Lipinski definition) is 1. The Hall–Kier alpha value is -1.66. The Morgan fingerprint density at radius 1 is 0.895 bits per heavy atom. The standard InChI is InChI=1S/C16H18NOP/c1-19(2,3)15-12-8-7-11-14(15)16(18)17-13-9-5-4-6-10-13/h4-12H,1-3H3/p+1. The highest BCUT2D eigenvalue weighted by Crippen LogP contribution is 2.45. The van der Waals surface area contributed by atoms with Crippen LogP contribution in [0, 0.1) is 0 Å². The molecule has 0 heterocycles. The molecule has 0 aliphatic carbocycles. The minimum Gasteiger partial charge on any atom is -0.322 e. The van der Waals surface area contributed by atoms with Crippen LogP contribution >= 0.6 is 7.26 Å². The summed E-state index contributed by atoms with van der Waals surface area (Å²) in [5, 5.41) is 4.12. The Morgan fingerprint density at radius 3 is 2.11 bits per heavy atom. The minimum atomic E-state index is -1.23. The molecule has 0 aromatic heterocycles. The van der Waals surface area contributed by atoms with Gasteiger partial charge >= 0.3 is 0 Å². The highest BCUT2D eigenvalue weighted by molar-refractivity contribution is 7.81. The third-order valence-electron chi connectivity index (χ3n) is 2.90. The molecule has 0 aliphatic rings. The predicted molar refractivity (Wildman–Crippen MR) is 85.2 cm³/mol. The van der Waals surface area contributed by atoms with Gasteiger partial charge in [-0.05, 0) is 24.3 Å². The van der Waals surface area contributed by atoms with Crippen molar-refractivity contribution in [3.05, 3.63) is 60.2 Å². The third-order valence-corrected chi connectivity index (χ3v) is 4.74. The van der Waals surface area contributed by atoms with Crippen LogP contribution in [-0.2, 0) is 0 Å². The first-order chi connectivity index (χ1) is 8.98. The van der Waals surface area contributed by atoms with Crippen LogP contribution in [-0.4, -0.2) is 25.9 Å². The Bertz CT molecular complexity index is 573. The molecule has 0 saturated carbocycles. The maximum absolute atomic E-state index is 12.4. The summed E-state index contributed by atoms with van der Waals surface area (Å²) in [6, 6.07) is 17.4. The topological polar surface area (TPSA) is 29.1 Å². The van der Waals surface area contributed by atoms with Gasteiger partial charge in [-0.2, -0.15) is 0 Å². The normalized spacial score (nSPS) is 11.1. The molecule has 0 aliphatic heterocycles. The number of hydrogen-bond donors (Lipinski definition) is 1. The van der Waals surface area contributed by atoms with Crippen molar-refractivity contribution >= 4 is 24.2 Å². The van der Waals surface area contributed by atoms with Gasteiger partial charge in [0.25, 0.3) is 5.91 Å². The van der Waals surface area contributed by atoms with Crippen molar-refractivity contribution in [2.24, 2.45) is 0 Å². The molecular formula is C16H19NOP+. The van der Waals surface area contributed by atoms with Crippen molar-refractivity contribution in [1.82, 2.24) is 0 Å². The maximum atomic E-state index is 12.4. The van der Waals surface area contributed by atoms with Crippen LogP contribution in [0.4, 0.5) is 5.69 Å². The molecule has 1 N–H and O–H groups in total. The molecule has 0 atom stereocenters. The summed E-state index contributed by atoms with van der Waals surface area (Å²) in [6.45, 7) is 6.67. The Morgan fingerprint density at radius 2 is 1.47 bits per heavy atom. The lowest BCUT2D eigenvalue weighted by atomic mass is 10.2. The molecule has 0 radical (unpaired) electrons. The molecule has 0 spiro atoms. The van der Waals surface area contributed by atoms with Gasteiger partial charge in [0, 0.05) is 12.9 Å². The highest BCUT2D eigenvalue weighted by Gasteiger charge is 2.27. The molecule has 0 bridgehead atoms. The molecule has 3 heteroatoms. The molecule has 1 amide bonds. The van der Waals surface area contributed by atoms with Crippen molar-refractivity contribution in [3.63, 3.8) is 0 Å². The number of anilines is 1. The number of carbonyl (C=O) groups is 1. The molecule has 2 aromatic rings. The first-order valence-corrected chi connectivity index (χ1v) is 9.39. The quantitative estimate of drug-likeness (QED) is 0.852. The van der Waals surface area contributed by atoms with E-state index < -0.39 is 7.26 Å². The van der Waals surface area contributed by atoms with Crippen LogP contribution in [0.25, 0.3) is 0 Å². The van der Waals surface area contributed by atoms with Crippen molar-refractivity contribution < 1.29 is 4.79 Å². The number of amides is 1. The Balaban J connectivity index is 2.30. The van der Waals surface area contributed by atoms with E-state index in [0.29, 0.717) is 0 Å². The summed E-state index contributed by atoms with van der Waals surface area (Å²) in [6.07, 6.45) is 0. The first kappa shape index (κ1) is 13.8. The molecular weight excluding hydrogens is 253 g/mol. The van der Waals surface area contributed by atoms with Gasteiger partial charge in [0.1, 0.15) is 5.30 Å². The van der Waals surface area contributed by atoms with E-state index in [0.717, 1.165) is 11.3 Å². The lowest BCUT2D eigenvalue weighted by Crippen LogP contribution is -2.23. The summed E-state index contributed by atoms with van der Waals surface area (Å²) in [4.78, 5) is 12.4. The number of carbonyl (C=O) groups excluding carboxylic acids is 1. The van der Waals surface area contributed by atoms with Gasteiger partial charge in [0.15, 0.2) is 0 Å². The molecule has 19 heavy (non-hydrogen) atoms. The van der Waals surface area contributed by atoms with E-state index in [1.165, 1.54) is 5.30 Å². The predicted octanol–water partition coefficient (Wildman–Crippen LogP) is 3.47. The Labute approximate surface area is 115 Å². The van der Waals surface area contributed by atoms with E-state index in [1.807, 2.05) is 48.5 Å². The molecule has 0 saturated heterocycles. The third kappa shape index (κ3) is 3.42. The van der Waals surface area contributed by atoms with Crippen molar-refractivity contribution in [2.75, 3.05) is 25.3 Å². The monoisotopic (exact) mass is 272 g/mol. The van der Waals surface area contributed by atoms with E-state index in [4.69, 9.17) is 0 Å². The first-order valence-electron chi connectivity index (χ1n) is 6.26. The zero-order valence-electron chi connectivity index (χ0n) is 11.6. The average molecular weight is 272 g/mol. The molecule has 0 fully saturated rings. The molecule has 2 rings (SSSR count). The second-order valence-corrected chi connectivity index (χ2v) is 9.86. The zero-order chi connectivity index (χ0) is 13.9. The van der Waals surface area contributed by atoms with Gasteiger partial charge in [0.2, 0.25) is 0 Å². The second-order valence-electron chi connectivity index (χ2n) is 5.35. The van der Waals surface area contributed by atoms with Gasteiger partial charge in [0.05, 0.1) is 25.6 Å². The summed E-state index contributed by atoms with van der Waals surface area (Å²) in [5.41, 5.74) is 1.61. The van der Waals surface area contributed by atoms with E-state index in [2.05, 4.69) is 31.4 Å². The summed E-state index contributed by atoms with van der Waals surface area (Å²) >= 11 is 0. The number of rotatable bonds is 3. The van der Waals surface area contributed by atoms with E-state index in [1.54, 1.807) is 0 Å². The summed E-state index contributed by atoms with van der Waals surface area (Å²) < 4.78 is 0. The minimum absolute atomic E-state index is 0.0308. The molecule has 2 aromatic carbocycles. The summed E-state index contributed by atoms with van der Waals surface area (Å²) in [5.74, 6) is -0.0308. The number of nitrogens with one attached hydrogen (secondary N) is 1. The fourth-order valence-electron chi connectivity index (χ4n) is 1.97. The number of para-hydroxylation sites is 1. The average Bonchev–Trinajstić information content (AvgIpc) is 2.39. The second kappa shape index (κ2) is 5.54. The van der Waals surface area contributed by atoms with Gasteiger partial charge in [-0.3, -0.25) is 4.79 Å². The summed E-state index contributed by atoms with van der Waals surface area (Å²) in [7, 11) is -1.23. The molecule has 0 unspecified atom stereocenters. The van der Waals surface area contributed by atoms with Crippen LogP contribution < -0.4 is 10.6 Å². The number of benzene rings is 2. The van der Waals surface area contributed by atoms with Gasteiger partial charge < -0.3 is 5.32 Å². The van der Waals surface area contributed by atoms with Crippen molar-refractivity contribution in [3.8, 4) is 0 Å².